The molecule has 0 heterocycles. The lowest BCUT2D eigenvalue weighted by atomic mass is 9.68. The third-order valence-electron chi connectivity index (χ3n) is 6.61. The number of ether oxygens (including phenoxy) is 1. The number of benzene rings is 1. The van der Waals surface area contributed by atoms with Crippen molar-refractivity contribution in [3.05, 3.63) is 41.5 Å². The number of halogens is 5. The molecule has 3 rings (SSSR count). The monoisotopic (exact) mass is 416 g/mol. The van der Waals surface area contributed by atoms with Gasteiger partial charge in [-0.05, 0) is 99.2 Å². The second-order valence-corrected chi connectivity index (χ2v) is 8.48. The highest BCUT2D eigenvalue weighted by Gasteiger charge is 2.35. The Bertz CT molecular complexity index is 673. The molecule has 1 nitrogen and oxygen atoms in total. The maximum Gasteiger partial charge on any atom is 0.573 e. The molecule has 0 N–H and O–H groups in total. The Morgan fingerprint density at radius 1 is 0.897 bits per heavy atom. The summed E-state index contributed by atoms with van der Waals surface area (Å²) in [5.74, 6) is -1.91. The predicted octanol–water partition coefficient (Wildman–Crippen LogP) is 7.91. The topological polar surface area (TPSA) is 9.23 Å². The highest BCUT2D eigenvalue weighted by atomic mass is 19.4. The van der Waals surface area contributed by atoms with E-state index in [1.807, 2.05) is 0 Å². The van der Waals surface area contributed by atoms with E-state index in [0.29, 0.717) is 17.4 Å². The first-order valence-corrected chi connectivity index (χ1v) is 10.7. The Labute approximate surface area is 169 Å². The molecule has 2 fully saturated rings. The second-order valence-electron chi connectivity index (χ2n) is 8.48. The molecule has 162 valence electrons. The van der Waals surface area contributed by atoms with Crippen LogP contribution in [0.25, 0.3) is 0 Å². The van der Waals surface area contributed by atoms with Gasteiger partial charge in [-0.1, -0.05) is 19.1 Å². The van der Waals surface area contributed by atoms with Crippen molar-refractivity contribution >= 4 is 0 Å². The van der Waals surface area contributed by atoms with Crippen molar-refractivity contribution in [1.82, 2.24) is 0 Å². The Hall–Kier alpha value is -1.59. The van der Waals surface area contributed by atoms with E-state index in [1.54, 1.807) is 0 Å². The van der Waals surface area contributed by atoms with Gasteiger partial charge < -0.3 is 4.74 Å². The predicted molar refractivity (Wildman–Crippen MR) is 103 cm³/mol. The van der Waals surface area contributed by atoms with E-state index >= 15 is 0 Å². The largest absolute Gasteiger partial charge is 0.573 e. The second kappa shape index (κ2) is 9.48. The van der Waals surface area contributed by atoms with Crippen LogP contribution in [-0.4, -0.2) is 6.36 Å². The molecule has 1 aromatic carbocycles. The van der Waals surface area contributed by atoms with E-state index in [9.17, 15) is 22.0 Å². The van der Waals surface area contributed by atoms with E-state index in [-0.39, 0.29) is 5.92 Å². The molecule has 0 radical (unpaired) electrons. The molecular formula is C23H29F5O. The van der Waals surface area contributed by atoms with Crippen molar-refractivity contribution in [1.29, 1.82) is 0 Å². The van der Waals surface area contributed by atoms with Crippen LogP contribution in [0.5, 0.6) is 5.75 Å². The molecule has 0 unspecified atom stereocenters. The van der Waals surface area contributed by atoms with Gasteiger partial charge in [0.1, 0.15) is 0 Å². The molecule has 0 spiro atoms. The van der Waals surface area contributed by atoms with Gasteiger partial charge in [0.2, 0.25) is 5.75 Å². The molecule has 2 saturated carbocycles. The van der Waals surface area contributed by atoms with Gasteiger partial charge in [-0.2, -0.15) is 0 Å². The van der Waals surface area contributed by atoms with Crippen molar-refractivity contribution in [2.75, 3.05) is 0 Å². The number of allylic oxidation sites excluding steroid dienone is 2. The zero-order valence-electron chi connectivity index (χ0n) is 16.8. The van der Waals surface area contributed by atoms with Gasteiger partial charge in [0.15, 0.2) is 11.6 Å². The fourth-order valence-corrected chi connectivity index (χ4v) is 5.09. The van der Waals surface area contributed by atoms with Crippen LogP contribution in [-0.2, 0) is 0 Å². The third kappa shape index (κ3) is 5.95. The summed E-state index contributed by atoms with van der Waals surface area (Å²) in [6.07, 6.45) is 9.15. The number of hydrogen-bond donors (Lipinski definition) is 0. The van der Waals surface area contributed by atoms with Crippen molar-refractivity contribution in [2.45, 2.75) is 77.0 Å². The minimum atomic E-state index is -5.12. The molecule has 0 atom stereocenters. The van der Waals surface area contributed by atoms with Crippen LogP contribution in [0.1, 0.15) is 76.2 Å². The van der Waals surface area contributed by atoms with Crippen LogP contribution in [0.2, 0.25) is 0 Å². The summed E-state index contributed by atoms with van der Waals surface area (Å²) in [7, 11) is 0. The molecular weight excluding hydrogens is 387 g/mol. The van der Waals surface area contributed by atoms with Gasteiger partial charge >= 0.3 is 6.36 Å². The lowest BCUT2D eigenvalue weighted by Gasteiger charge is -2.37. The average molecular weight is 416 g/mol. The summed E-state index contributed by atoms with van der Waals surface area (Å²) in [6, 6.07) is 2.00. The van der Waals surface area contributed by atoms with Gasteiger partial charge in [-0.25, -0.2) is 8.78 Å². The Balaban J connectivity index is 1.55. The molecule has 0 saturated heterocycles. The van der Waals surface area contributed by atoms with Gasteiger partial charge in [0, 0.05) is 0 Å². The first kappa shape index (κ1) is 22.1. The molecule has 0 aliphatic heterocycles. The molecule has 0 bridgehead atoms. The van der Waals surface area contributed by atoms with E-state index < -0.39 is 23.7 Å². The van der Waals surface area contributed by atoms with Gasteiger partial charge in [0.05, 0.1) is 0 Å². The minimum absolute atomic E-state index is 0.0148. The minimum Gasteiger partial charge on any atom is -0.399 e. The first-order valence-electron chi connectivity index (χ1n) is 10.7. The molecule has 2 aliphatic rings. The zero-order chi connectivity index (χ0) is 21.0. The van der Waals surface area contributed by atoms with Crippen molar-refractivity contribution in [2.24, 2.45) is 17.8 Å². The van der Waals surface area contributed by atoms with Gasteiger partial charge in [-0.15, -0.1) is 13.2 Å². The van der Waals surface area contributed by atoms with Crippen LogP contribution in [0.3, 0.4) is 0 Å². The lowest BCUT2D eigenvalue weighted by molar-refractivity contribution is -0.276. The summed E-state index contributed by atoms with van der Waals surface area (Å²) < 4.78 is 68.4. The quantitative estimate of drug-likeness (QED) is 0.350. The molecule has 0 amide bonds. The van der Waals surface area contributed by atoms with Gasteiger partial charge in [-0.3, -0.25) is 0 Å². The van der Waals surface area contributed by atoms with Crippen LogP contribution in [0.4, 0.5) is 22.0 Å². The number of rotatable bonds is 5. The third-order valence-corrected chi connectivity index (χ3v) is 6.61. The Kier molecular flexibility index (Phi) is 7.23. The maximum absolute atomic E-state index is 14.0. The van der Waals surface area contributed by atoms with E-state index in [0.717, 1.165) is 50.2 Å². The molecule has 2 aliphatic carbocycles. The smallest absolute Gasteiger partial charge is 0.399 e. The summed E-state index contributed by atoms with van der Waals surface area (Å²) in [6.45, 7) is 2.15. The highest BCUT2D eigenvalue weighted by Crippen LogP contribution is 2.45. The van der Waals surface area contributed by atoms with Crippen LogP contribution in [0, 0.1) is 29.4 Å². The normalized spacial score (nSPS) is 28.6. The van der Waals surface area contributed by atoms with Crippen LogP contribution < -0.4 is 4.74 Å². The SMILES string of the molecule is CC/C=C/C1CCC(C2CCC(c3cc(F)c(OC(F)(F)F)c(F)c3)CC2)CC1. The summed E-state index contributed by atoms with van der Waals surface area (Å²) in [5.41, 5.74) is 0.432. The van der Waals surface area contributed by atoms with Crippen LogP contribution >= 0.6 is 0 Å². The number of hydrogen-bond acceptors (Lipinski definition) is 1. The fourth-order valence-electron chi connectivity index (χ4n) is 5.09. The van der Waals surface area contributed by atoms with Crippen molar-refractivity contribution in [3.8, 4) is 5.75 Å². The Morgan fingerprint density at radius 3 is 1.90 bits per heavy atom. The fraction of sp³-hybridized carbons (Fsp3) is 0.652. The maximum atomic E-state index is 14.0. The summed E-state index contributed by atoms with van der Waals surface area (Å²) in [5, 5.41) is 0. The van der Waals surface area contributed by atoms with Crippen molar-refractivity contribution < 1.29 is 26.7 Å². The molecule has 29 heavy (non-hydrogen) atoms. The standard InChI is InChI=1S/C23H29F5O/c1-2-3-4-15-5-7-16(8-6-15)17-9-11-18(12-10-17)19-13-20(24)22(21(25)14-19)29-23(26,27)28/h3-4,13-18H,2,5-12H2,1H3/b4-3+. The van der Waals surface area contributed by atoms with E-state index in [4.69, 9.17) is 0 Å². The summed E-state index contributed by atoms with van der Waals surface area (Å²) in [4.78, 5) is 0. The van der Waals surface area contributed by atoms with E-state index in [2.05, 4.69) is 23.8 Å². The average Bonchev–Trinajstić information content (AvgIpc) is 2.69. The van der Waals surface area contributed by atoms with E-state index in [1.165, 1.54) is 25.7 Å². The molecule has 1 aromatic rings. The molecule has 6 heteroatoms. The van der Waals surface area contributed by atoms with Gasteiger partial charge in [0.25, 0.3) is 0 Å². The molecule has 0 aromatic heterocycles. The highest BCUT2D eigenvalue weighted by molar-refractivity contribution is 5.33. The number of alkyl halides is 3. The lowest BCUT2D eigenvalue weighted by Crippen LogP contribution is -2.25. The van der Waals surface area contributed by atoms with Crippen LogP contribution in [0.15, 0.2) is 24.3 Å². The zero-order valence-corrected chi connectivity index (χ0v) is 16.8. The summed E-state index contributed by atoms with van der Waals surface area (Å²) >= 11 is 0. The first-order chi connectivity index (χ1) is 13.8. The van der Waals surface area contributed by atoms with Crippen molar-refractivity contribution in [3.63, 3.8) is 0 Å². The Morgan fingerprint density at radius 2 is 1.41 bits per heavy atom.